The van der Waals surface area contributed by atoms with E-state index in [0.717, 1.165) is 30.0 Å². The third kappa shape index (κ3) is 3.49. The fraction of sp³-hybridized carbons (Fsp3) is 0.467. The zero-order valence-corrected chi connectivity index (χ0v) is 11.4. The second kappa shape index (κ2) is 6.59. The Morgan fingerprint density at radius 2 is 2.11 bits per heavy atom. The van der Waals surface area contributed by atoms with Gasteiger partial charge in [-0.1, -0.05) is 18.2 Å². The van der Waals surface area contributed by atoms with Crippen molar-refractivity contribution in [2.45, 2.75) is 19.0 Å². The Hall–Kier alpha value is -1.52. The first-order valence-corrected chi connectivity index (χ1v) is 6.50. The second-order valence-electron chi connectivity index (χ2n) is 4.73. The molecule has 0 saturated heterocycles. The largest absolute Gasteiger partial charge is 0.497 e. The quantitative estimate of drug-likeness (QED) is 0.767. The topological polar surface area (TPSA) is 50.7 Å². The van der Waals surface area contributed by atoms with Crippen molar-refractivity contribution in [2.75, 3.05) is 20.8 Å². The van der Waals surface area contributed by atoms with Gasteiger partial charge in [-0.2, -0.15) is 0 Å². The molecule has 1 aliphatic carbocycles. The van der Waals surface area contributed by atoms with Crippen LogP contribution in [-0.2, 0) is 6.54 Å². The molecule has 0 radical (unpaired) electrons. The summed E-state index contributed by atoms with van der Waals surface area (Å²) in [6, 6.07) is 6.15. The maximum Gasteiger partial charge on any atom is 0.127 e. The molecule has 0 fully saturated rings. The van der Waals surface area contributed by atoms with Gasteiger partial charge in [-0.3, -0.25) is 0 Å². The van der Waals surface area contributed by atoms with Gasteiger partial charge < -0.3 is 19.9 Å². The second-order valence-corrected chi connectivity index (χ2v) is 4.73. The summed E-state index contributed by atoms with van der Waals surface area (Å²) < 4.78 is 10.5. The first-order chi connectivity index (χ1) is 9.26. The molecule has 0 unspecified atom stereocenters. The van der Waals surface area contributed by atoms with E-state index in [1.165, 1.54) is 0 Å². The van der Waals surface area contributed by atoms with Crippen molar-refractivity contribution in [1.82, 2.24) is 5.32 Å². The van der Waals surface area contributed by atoms with E-state index in [9.17, 15) is 0 Å². The summed E-state index contributed by atoms with van der Waals surface area (Å²) in [5.41, 5.74) is 1.10. The molecule has 2 rings (SSSR count). The molecule has 0 bridgehead atoms. The molecule has 0 saturated carbocycles. The van der Waals surface area contributed by atoms with Gasteiger partial charge in [-0.05, 0) is 12.5 Å². The highest BCUT2D eigenvalue weighted by molar-refractivity contribution is 5.40. The molecule has 1 aromatic carbocycles. The van der Waals surface area contributed by atoms with Crippen LogP contribution < -0.4 is 14.8 Å². The Labute approximate surface area is 114 Å². The van der Waals surface area contributed by atoms with E-state index in [0.29, 0.717) is 6.04 Å². The van der Waals surface area contributed by atoms with Gasteiger partial charge in [0.15, 0.2) is 0 Å². The average Bonchev–Trinajstić information content (AvgIpc) is 2.92. The molecule has 0 heterocycles. The molecular formula is C15H21NO3. The fourth-order valence-electron chi connectivity index (χ4n) is 2.30. The summed E-state index contributed by atoms with van der Waals surface area (Å²) in [7, 11) is 3.31. The first kappa shape index (κ1) is 13.9. The Balaban J connectivity index is 1.94. The number of methoxy groups -OCH3 is 2. The molecule has 2 N–H and O–H groups in total. The summed E-state index contributed by atoms with van der Waals surface area (Å²) in [6.07, 6.45) is 5.15. The van der Waals surface area contributed by atoms with Crippen LogP contribution in [0.2, 0.25) is 0 Å². The van der Waals surface area contributed by atoms with E-state index >= 15 is 0 Å². The van der Waals surface area contributed by atoms with E-state index in [4.69, 9.17) is 14.6 Å². The average molecular weight is 263 g/mol. The minimum Gasteiger partial charge on any atom is -0.497 e. The predicted molar refractivity (Wildman–Crippen MR) is 74.5 cm³/mol. The highest BCUT2D eigenvalue weighted by atomic mass is 16.5. The summed E-state index contributed by atoms with van der Waals surface area (Å²) in [4.78, 5) is 0. The number of rotatable bonds is 6. The summed E-state index contributed by atoms with van der Waals surface area (Å²) in [5.74, 6) is 1.91. The van der Waals surface area contributed by atoms with Crippen molar-refractivity contribution in [2.24, 2.45) is 5.92 Å². The SMILES string of the molecule is COc1ccc(CN[C@@H]2C=C[C@H](CO)C2)c(OC)c1. The number of hydrogen-bond donors (Lipinski definition) is 2. The molecule has 0 aliphatic heterocycles. The lowest BCUT2D eigenvalue weighted by Crippen LogP contribution is -2.26. The molecule has 2 atom stereocenters. The summed E-state index contributed by atoms with van der Waals surface area (Å²) in [5, 5.41) is 12.6. The standard InChI is InChI=1S/C15H21NO3/c1-18-14-6-4-12(15(8-14)19-2)9-16-13-5-3-11(7-13)10-17/h3-6,8,11,13,16-17H,7,9-10H2,1-2H3/t11-,13+/m0/s1. The van der Waals surface area contributed by atoms with Gasteiger partial charge in [-0.25, -0.2) is 0 Å². The summed E-state index contributed by atoms with van der Waals surface area (Å²) in [6.45, 7) is 0.959. The van der Waals surface area contributed by atoms with Gasteiger partial charge in [-0.15, -0.1) is 0 Å². The zero-order valence-electron chi connectivity index (χ0n) is 11.4. The van der Waals surface area contributed by atoms with E-state index in [-0.39, 0.29) is 12.5 Å². The highest BCUT2D eigenvalue weighted by Gasteiger charge is 2.17. The molecule has 4 heteroatoms. The van der Waals surface area contributed by atoms with Crippen molar-refractivity contribution in [3.05, 3.63) is 35.9 Å². The summed E-state index contributed by atoms with van der Waals surface area (Å²) >= 11 is 0. The van der Waals surface area contributed by atoms with Crippen LogP contribution in [0.15, 0.2) is 30.4 Å². The molecule has 1 aliphatic rings. The molecule has 0 aromatic heterocycles. The Morgan fingerprint density at radius 3 is 2.74 bits per heavy atom. The first-order valence-electron chi connectivity index (χ1n) is 6.50. The maximum atomic E-state index is 9.10. The van der Waals surface area contributed by atoms with E-state index in [2.05, 4.69) is 17.5 Å². The number of benzene rings is 1. The molecule has 0 amide bonds. The van der Waals surface area contributed by atoms with Gasteiger partial charge in [0, 0.05) is 36.7 Å². The van der Waals surface area contributed by atoms with Crippen LogP contribution in [-0.4, -0.2) is 32.0 Å². The molecule has 0 spiro atoms. The molecule has 1 aromatic rings. The number of hydrogen-bond acceptors (Lipinski definition) is 4. The molecule has 19 heavy (non-hydrogen) atoms. The van der Waals surface area contributed by atoms with Gasteiger partial charge in [0.2, 0.25) is 0 Å². The van der Waals surface area contributed by atoms with Crippen LogP contribution in [0.3, 0.4) is 0 Å². The highest BCUT2D eigenvalue weighted by Crippen LogP contribution is 2.25. The lowest BCUT2D eigenvalue weighted by Gasteiger charge is -2.15. The molecular weight excluding hydrogens is 242 g/mol. The van der Waals surface area contributed by atoms with Crippen LogP contribution in [0.1, 0.15) is 12.0 Å². The van der Waals surface area contributed by atoms with Crippen molar-refractivity contribution in [1.29, 1.82) is 0 Å². The smallest absolute Gasteiger partial charge is 0.127 e. The van der Waals surface area contributed by atoms with Crippen molar-refractivity contribution in [3.63, 3.8) is 0 Å². The lowest BCUT2D eigenvalue weighted by molar-refractivity contribution is 0.246. The Morgan fingerprint density at radius 1 is 1.26 bits per heavy atom. The monoisotopic (exact) mass is 263 g/mol. The normalized spacial score (nSPS) is 21.6. The van der Waals surface area contributed by atoms with Crippen molar-refractivity contribution < 1.29 is 14.6 Å². The third-order valence-corrected chi connectivity index (χ3v) is 3.46. The van der Waals surface area contributed by atoms with Gasteiger partial charge in [0.1, 0.15) is 11.5 Å². The number of nitrogens with one attached hydrogen (secondary N) is 1. The van der Waals surface area contributed by atoms with E-state index in [1.807, 2.05) is 18.2 Å². The Bertz CT molecular complexity index is 445. The van der Waals surface area contributed by atoms with Crippen molar-refractivity contribution >= 4 is 0 Å². The van der Waals surface area contributed by atoms with Crippen LogP contribution in [0, 0.1) is 5.92 Å². The van der Waals surface area contributed by atoms with Crippen LogP contribution >= 0.6 is 0 Å². The number of aliphatic hydroxyl groups excluding tert-OH is 1. The number of ether oxygens (including phenoxy) is 2. The number of aliphatic hydroxyl groups is 1. The lowest BCUT2D eigenvalue weighted by atomic mass is 10.1. The minimum atomic E-state index is 0.223. The zero-order chi connectivity index (χ0) is 13.7. The molecule has 104 valence electrons. The fourth-order valence-corrected chi connectivity index (χ4v) is 2.30. The van der Waals surface area contributed by atoms with Crippen LogP contribution in [0.4, 0.5) is 0 Å². The Kier molecular flexibility index (Phi) is 4.82. The van der Waals surface area contributed by atoms with Gasteiger partial charge >= 0.3 is 0 Å². The van der Waals surface area contributed by atoms with E-state index in [1.54, 1.807) is 14.2 Å². The van der Waals surface area contributed by atoms with Gasteiger partial charge in [0.25, 0.3) is 0 Å². The van der Waals surface area contributed by atoms with Gasteiger partial charge in [0.05, 0.1) is 14.2 Å². The van der Waals surface area contributed by atoms with E-state index < -0.39 is 0 Å². The van der Waals surface area contributed by atoms with Crippen LogP contribution in [0.5, 0.6) is 11.5 Å². The predicted octanol–water partition coefficient (Wildman–Crippen LogP) is 1.73. The molecule has 4 nitrogen and oxygen atoms in total. The minimum absolute atomic E-state index is 0.223. The van der Waals surface area contributed by atoms with Crippen molar-refractivity contribution in [3.8, 4) is 11.5 Å². The maximum absolute atomic E-state index is 9.10. The van der Waals surface area contributed by atoms with Crippen LogP contribution in [0.25, 0.3) is 0 Å². The third-order valence-electron chi connectivity index (χ3n) is 3.46.